The van der Waals surface area contributed by atoms with Gasteiger partial charge >= 0.3 is 12.0 Å². The van der Waals surface area contributed by atoms with Crippen LogP contribution in [0.15, 0.2) is 72.8 Å². The summed E-state index contributed by atoms with van der Waals surface area (Å²) in [4.78, 5) is 42.2. The van der Waals surface area contributed by atoms with Crippen LogP contribution in [-0.4, -0.2) is 89.5 Å². The number of para-hydroxylation sites is 1. The molecule has 1 aliphatic rings. The second kappa shape index (κ2) is 17.6. The first kappa shape index (κ1) is 36.4. The number of carboxylic acid groups (broad SMARTS) is 1. The van der Waals surface area contributed by atoms with Crippen LogP contribution in [0.5, 0.6) is 5.75 Å². The number of carboxylic acids is 1. The van der Waals surface area contributed by atoms with Crippen molar-refractivity contribution in [1.29, 1.82) is 0 Å². The molecule has 0 fully saturated rings. The highest BCUT2D eigenvalue weighted by molar-refractivity contribution is 6.02. The van der Waals surface area contributed by atoms with Crippen LogP contribution in [0.4, 0.5) is 16.2 Å². The Morgan fingerprint density at radius 3 is 2.40 bits per heavy atom. The first-order valence-electron chi connectivity index (χ1n) is 16.5. The van der Waals surface area contributed by atoms with Crippen molar-refractivity contribution in [3.63, 3.8) is 0 Å². The second-order valence-corrected chi connectivity index (χ2v) is 12.7. The fraction of sp³-hybridized carbons (Fsp3) is 0.432. The minimum Gasteiger partial charge on any atom is -0.490 e. The third-order valence-corrected chi connectivity index (χ3v) is 8.49. The van der Waals surface area contributed by atoms with Crippen LogP contribution in [0.2, 0.25) is 0 Å². The Labute approximate surface area is 282 Å². The molecule has 1 heterocycles. The Balaban J connectivity index is 1.57. The van der Waals surface area contributed by atoms with Gasteiger partial charge in [-0.15, -0.1) is 0 Å². The van der Waals surface area contributed by atoms with Gasteiger partial charge in [-0.3, -0.25) is 9.69 Å². The normalized spacial score (nSPS) is 19.8. The number of hydrogen-bond acceptors (Lipinski definition) is 7. The molecule has 0 saturated carbocycles. The lowest BCUT2D eigenvalue weighted by Gasteiger charge is -2.36. The van der Waals surface area contributed by atoms with Gasteiger partial charge in [-0.25, -0.2) is 9.59 Å². The van der Waals surface area contributed by atoms with E-state index in [1.807, 2.05) is 51.2 Å². The van der Waals surface area contributed by atoms with E-state index in [1.165, 1.54) is 0 Å². The molecule has 11 nitrogen and oxygen atoms in total. The SMILES string of the molecule is C[C@@H]1CCCCO[C@@H](CN(C)Cc2ccc(C(=O)O)cc2)[C@H](C)CN([C@@H](C)CO)C(=O)c2cc(NC(=O)Nc3ccccc3)ccc2O1. The molecule has 4 atom stereocenters. The summed E-state index contributed by atoms with van der Waals surface area (Å²) in [7, 11) is 1.99. The molecule has 3 amide bonds. The summed E-state index contributed by atoms with van der Waals surface area (Å²) in [6.07, 6.45) is 2.10. The summed E-state index contributed by atoms with van der Waals surface area (Å²) in [5.41, 5.74) is 2.58. The van der Waals surface area contributed by atoms with Crippen LogP contribution in [0, 0.1) is 5.92 Å². The molecule has 11 heteroatoms. The Bertz CT molecular complexity index is 1500. The molecule has 0 unspecified atom stereocenters. The van der Waals surface area contributed by atoms with Gasteiger partial charge in [0.15, 0.2) is 0 Å². The average Bonchev–Trinajstić information content (AvgIpc) is 3.06. The topological polar surface area (TPSA) is 141 Å². The zero-order chi connectivity index (χ0) is 34.6. The monoisotopic (exact) mass is 660 g/mol. The van der Waals surface area contributed by atoms with E-state index in [0.29, 0.717) is 48.9 Å². The average molecular weight is 661 g/mol. The van der Waals surface area contributed by atoms with Gasteiger partial charge in [0, 0.05) is 43.5 Å². The number of benzene rings is 3. The minimum atomic E-state index is -0.960. The maximum absolute atomic E-state index is 14.3. The van der Waals surface area contributed by atoms with Crippen LogP contribution in [-0.2, 0) is 11.3 Å². The van der Waals surface area contributed by atoms with Crippen LogP contribution < -0.4 is 15.4 Å². The predicted molar refractivity (Wildman–Crippen MR) is 186 cm³/mol. The maximum atomic E-state index is 14.3. The Kier molecular flexibility index (Phi) is 13.4. The zero-order valence-corrected chi connectivity index (χ0v) is 28.2. The first-order valence-corrected chi connectivity index (χ1v) is 16.5. The second-order valence-electron chi connectivity index (χ2n) is 12.7. The van der Waals surface area contributed by atoms with Gasteiger partial charge in [-0.1, -0.05) is 37.3 Å². The number of amides is 3. The minimum absolute atomic E-state index is 0.107. The summed E-state index contributed by atoms with van der Waals surface area (Å²) in [5.74, 6) is -0.968. The molecule has 3 aromatic carbocycles. The third-order valence-electron chi connectivity index (χ3n) is 8.49. The number of fused-ring (bicyclic) bond motifs is 1. The van der Waals surface area contributed by atoms with E-state index in [0.717, 1.165) is 24.8 Å². The Morgan fingerprint density at radius 2 is 1.71 bits per heavy atom. The van der Waals surface area contributed by atoms with Gasteiger partial charge in [-0.05, 0) is 88.2 Å². The van der Waals surface area contributed by atoms with E-state index >= 15 is 0 Å². The quantitative estimate of drug-likeness (QED) is 0.221. The van der Waals surface area contributed by atoms with Gasteiger partial charge in [-0.2, -0.15) is 0 Å². The number of urea groups is 1. The molecule has 1 aliphatic heterocycles. The number of aromatic carboxylic acids is 1. The Morgan fingerprint density at radius 1 is 1.00 bits per heavy atom. The van der Waals surface area contributed by atoms with Crippen LogP contribution in [0.3, 0.4) is 0 Å². The number of hydrogen-bond donors (Lipinski definition) is 4. The molecule has 48 heavy (non-hydrogen) atoms. The van der Waals surface area contributed by atoms with Gasteiger partial charge < -0.3 is 35.2 Å². The van der Waals surface area contributed by atoms with Gasteiger partial charge in [0.2, 0.25) is 0 Å². The van der Waals surface area contributed by atoms with Crippen molar-refractivity contribution < 1.29 is 34.1 Å². The van der Waals surface area contributed by atoms with Gasteiger partial charge in [0.1, 0.15) is 5.75 Å². The number of aliphatic hydroxyl groups excluding tert-OH is 1. The summed E-state index contributed by atoms with van der Waals surface area (Å²) < 4.78 is 12.7. The predicted octanol–water partition coefficient (Wildman–Crippen LogP) is 5.96. The zero-order valence-electron chi connectivity index (χ0n) is 28.2. The highest BCUT2D eigenvalue weighted by atomic mass is 16.5. The molecule has 0 spiro atoms. The highest BCUT2D eigenvalue weighted by Crippen LogP contribution is 2.29. The van der Waals surface area contributed by atoms with Crippen molar-refractivity contribution in [2.75, 3.05) is 44.0 Å². The standard InChI is InChI=1S/C37H48N4O7/c1-25-21-41(26(2)24-42)35(43)32-20-31(39-37(46)38-30-11-6-5-7-12-30)17-18-33(32)48-27(3)10-8-9-19-47-34(25)23-40(4)22-28-13-15-29(16-14-28)36(44)45/h5-7,11-18,20,25-27,34,42H,8-10,19,21-24H2,1-4H3,(H,44,45)(H2,38,39,46)/t25-,26+,27-,34+/m1/s1. The summed E-state index contributed by atoms with van der Waals surface area (Å²) in [6, 6.07) is 20.0. The number of carbonyl (C=O) groups is 3. The molecule has 0 bridgehead atoms. The van der Waals surface area contributed by atoms with E-state index in [1.54, 1.807) is 54.3 Å². The van der Waals surface area contributed by atoms with Gasteiger partial charge in [0.05, 0.1) is 36.0 Å². The Hall–Kier alpha value is -4.45. The number of anilines is 2. The molecule has 3 aromatic rings. The lowest BCUT2D eigenvalue weighted by Crippen LogP contribution is -2.47. The maximum Gasteiger partial charge on any atom is 0.335 e. The summed E-state index contributed by atoms with van der Waals surface area (Å²) in [6.45, 7) is 7.63. The van der Waals surface area contributed by atoms with Crippen molar-refractivity contribution in [2.45, 2.75) is 64.8 Å². The van der Waals surface area contributed by atoms with Crippen molar-refractivity contribution >= 4 is 29.3 Å². The lowest BCUT2D eigenvalue weighted by atomic mass is 10.0. The van der Waals surface area contributed by atoms with Crippen molar-refractivity contribution in [1.82, 2.24) is 9.80 Å². The number of aliphatic hydroxyl groups is 1. The highest BCUT2D eigenvalue weighted by Gasteiger charge is 2.30. The van der Waals surface area contributed by atoms with E-state index in [-0.39, 0.29) is 36.2 Å². The number of nitrogens with one attached hydrogen (secondary N) is 2. The van der Waals surface area contributed by atoms with Crippen LogP contribution in [0.1, 0.15) is 66.3 Å². The molecule has 0 radical (unpaired) electrons. The molecular formula is C37H48N4O7. The third kappa shape index (κ3) is 10.5. The molecule has 4 rings (SSSR count). The molecule has 258 valence electrons. The summed E-state index contributed by atoms with van der Waals surface area (Å²) >= 11 is 0. The smallest absolute Gasteiger partial charge is 0.335 e. The van der Waals surface area contributed by atoms with Crippen molar-refractivity contribution in [3.05, 3.63) is 89.5 Å². The fourth-order valence-electron chi connectivity index (χ4n) is 5.71. The van der Waals surface area contributed by atoms with Gasteiger partial charge in [0.25, 0.3) is 5.91 Å². The molecule has 4 N–H and O–H groups in total. The van der Waals surface area contributed by atoms with E-state index in [2.05, 4.69) is 15.5 Å². The largest absolute Gasteiger partial charge is 0.490 e. The van der Waals surface area contributed by atoms with E-state index in [4.69, 9.17) is 9.47 Å². The summed E-state index contributed by atoms with van der Waals surface area (Å²) in [5, 5.41) is 25.1. The number of carbonyl (C=O) groups excluding carboxylic acids is 2. The van der Waals surface area contributed by atoms with Crippen molar-refractivity contribution in [2.24, 2.45) is 5.92 Å². The fourth-order valence-corrected chi connectivity index (χ4v) is 5.71. The van der Waals surface area contributed by atoms with Crippen molar-refractivity contribution in [3.8, 4) is 5.75 Å². The number of nitrogens with zero attached hydrogens (tertiary/aromatic N) is 2. The first-order chi connectivity index (χ1) is 23.0. The van der Waals surface area contributed by atoms with Crippen LogP contribution in [0.25, 0.3) is 0 Å². The molecule has 0 saturated heterocycles. The van der Waals surface area contributed by atoms with Crippen LogP contribution >= 0.6 is 0 Å². The number of likely N-dealkylation sites (N-methyl/N-ethyl adjacent to an activating group) is 1. The molecule has 0 aromatic heterocycles. The lowest BCUT2D eigenvalue weighted by molar-refractivity contribution is -0.0177. The number of rotatable bonds is 9. The molecular weight excluding hydrogens is 612 g/mol. The number of ether oxygens (including phenoxy) is 2. The van der Waals surface area contributed by atoms with E-state index in [9.17, 15) is 24.6 Å². The molecule has 0 aliphatic carbocycles. The van der Waals surface area contributed by atoms with E-state index < -0.39 is 18.0 Å².